The summed E-state index contributed by atoms with van der Waals surface area (Å²) in [5.74, 6) is -1.58. The summed E-state index contributed by atoms with van der Waals surface area (Å²) in [7, 11) is -3.02. The predicted octanol–water partition coefficient (Wildman–Crippen LogP) is 1.91. The topological polar surface area (TPSA) is 101 Å². The number of anilines is 1. The van der Waals surface area contributed by atoms with Crippen molar-refractivity contribution < 1.29 is 23.1 Å². The number of benzene rings is 1. The van der Waals surface area contributed by atoms with Crippen molar-refractivity contribution in [1.82, 2.24) is 0 Å². The van der Waals surface area contributed by atoms with E-state index in [1.54, 1.807) is 6.07 Å². The largest absolute Gasteiger partial charge is 0.478 e. The van der Waals surface area contributed by atoms with Gasteiger partial charge in [-0.05, 0) is 30.5 Å². The highest BCUT2D eigenvalue weighted by Crippen LogP contribution is 2.24. The van der Waals surface area contributed by atoms with Crippen molar-refractivity contribution >= 4 is 43.3 Å². The number of carbonyl (C=O) groups is 2. The van der Waals surface area contributed by atoms with E-state index in [4.69, 9.17) is 5.11 Å². The number of rotatable bonds is 4. The molecule has 8 heteroatoms. The highest BCUT2D eigenvalue weighted by molar-refractivity contribution is 9.10. The Morgan fingerprint density at radius 2 is 2.10 bits per heavy atom. The minimum atomic E-state index is -3.02. The van der Waals surface area contributed by atoms with Gasteiger partial charge in [-0.25, -0.2) is 13.2 Å². The van der Waals surface area contributed by atoms with Crippen LogP contribution in [0.15, 0.2) is 22.7 Å². The van der Waals surface area contributed by atoms with Gasteiger partial charge in [0, 0.05) is 10.9 Å². The van der Waals surface area contributed by atoms with Crippen LogP contribution in [0, 0.1) is 5.92 Å². The number of carboxylic acids is 1. The maximum atomic E-state index is 12.0. The Kier molecular flexibility index (Phi) is 4.67. The molecule has 1 aromatic rings. The molecular weight excluding hydrogens is 362 g/mol. The fraction of sp³-hybridized carbons (Fsp3) is 0.385. The third-order valence-electron chi connectivity index (χ3n) is 3.29. The third kappa shape index (κ3) is 4.28. The molecular formula is C13H14BrNO5S. The molecule has 1 aliphatic rings. The number of aromatic carboxylic acids is 1. The molecule has 0 aliphatic carbocycles. The summed E-state index contributed by atoms with van der Waals surface area (Å²) < 4.78 is 23.4. The number of hydrogen-bond donors (Lipinski definition) is 2. The molecule has 1 heterocycles. The zero-order chi connectivity index (χ0) is 15.6. The van der Waals surface area contributed by atoms with Crippen LogP contribution in [0.3, 0.4) is 0 Å². The average molecular weight is 376 g/mol. The van der Waals surface area contributed by atoms with Crippen molar-refractivity contribution in [3.8, 4) is 0 Å². The molecule has 1 unspecified atom stereocenters. The third-order valence-corrected chi connectivity index (χ3v) is 5.62. The first-order chi connectivity index (χ1) is 9.77. The van der Waals surface area contributed by atoms with Crippen LogP contribution in [0.5, 0.6) is 0 Å². The van der Waals surface area contributed by atoms with Gasteiger partial charge < -0.3 is 10.4 Å². The number of sulfone groups is 1. The first-order valence-corrected chi connectivity index (χ1v) is 8.91. The molecule has 1 aliphatic heterocycles. The molecule has 114 valence electrons. The molecule has 1 saturated heterocycles. The molecule has 6 nitrogen and oxygen atoms in total. The first kappa shape index (κ1) is 16.0. The smallest absolute Gasteiger partial charge is 0.337 e. The minimum Gasteiger partial charge on any atom is -0.478 e. The normalized spacial score (nSPS) is 20.1. The number of amides is 1. The summed E-state index contributed by atoms with van der Waals surface area (Å²) in [5, 5.41) is 11.6. The summed E-state index contributed by atoms with van der Waals surface area (Å²) in [6.07, 6.45) is 0.546. The molecule has 0 bridgehead atoms. The zero-order valence-corrected chi connectivity index (χ0v) is 13.4. The standard InChI is InChI=1S/C13H14BrNO5S/c14-9-1-2-10(13(17)18)11(6-9)15-12(16)5-8-3-4-21(19,20)7-8/h1-2,6,8H,3-5,7H2,(H,15,16)(H,17,18). The van der Waals surface area contributed by atoms with Crippen molar-refractivity contribution in [2.45, 2.75) is 12.8 Å². The Hall–Kier alpha value is -1.41. The van der Waals surface area contributed by atoms with Crippen LogP contribution in [-0.4, -0.2) is 36.9 Å². The Morgan fingerprint density at radius 3 is 2.67 bits per heavy atom. The SMILES string of the molecule is O=C(CC1CCS(=O)(=O)C1)Nc1cc(Br)ccc1C(=O)O. The summed E-state index contributed by atoms with van der Waals surface area (Å²) in [6, 6.07) is 4.47. The van der Waals surface area contributed by atoms with Crippen molar-refractivity contribution in [2.75, 3.05) is 16.8 Å². The minimum absolute atomic E-state index is 0.00871. The first-order valence-electron chi connectivity index (χ1n) is 6.30. The number of halogens is 1. The second-order valence-corrected chi connectivity index (χ2v) is 8.16. The van der Waals surface area contributed by atoms with Crippen LogP contribution in [0.2, 0.25) is 0 Å². The van der Waals surface area contributed by atoms with Gasteiger partial charge in [0.15, 0.2) is 9.84 Å². The second kappa shape index (κ2) is 6.15. The lowest BCUT2D eigenvalue weighted by atomic mass is 10.0. The summed E-state index contributed by atoms with van der Waals surface area (Å²) in [6.45, 7) is 0. The lowest BCUT2D eigenvalue weighted by molar-refractivity contribution is -0.116. The monoisotopic (exact) mass is 375 g/mol. The fourth-order valence-corrected chi connectivity index (χ4v) is 4.53. The van der Waals surface area contributed by atoms with Crippen LogP contribution < -0.4 is 5.32 Å². The highest BCUT2D eigenvalue weighted by Gasteiger charge is 2.29. The molecule has 21 heavy (non-hydrogen) atoms. The van der Waals surface area contributed by atoms with Crippen molar-refractivity contribution in [2.24, 2.45) is 5.92 Å². The van der Waals surface area contributed by atoms with E-state index in [9.17, 15) is 18.0 Å². The molecule has 1 atom stereocenters. The molecule has 1 amide bonds. The Labute approximate surface area is 130 Å². The van der Waals surface area contributed by atoms with Crippen LogP contribution in [-0.2, 0) is 14.6 Å². The number of carboxylic acid groups (broad SMARTS) is 1. The molecule has 0 radical (unpaired) electrons. The van der Waals surface area contributed by atoms with Gasteiger partial charge in [0.1, 0.15) is 0 Å². The summed E-state index contributed by atoms with van der Waals surface area (Å²) >= 11 is 3.21. The Bertz CT molecular complexity index is 686. The number of nitrogens with one attached hydrogen (secondary N) is 1. The number of carbonyl (C=O) groups excluding carboxylic acids is 1. The Balaban J connectivity index is 2.06. The van der Waals surface area contributed by atoms with E-state index in [1.807, 2.05) is 0 Å². The number of hydrogen-bond acceptors (Lipinski definition) is 4. The molecule has 1 fully saturated rings. The molecule has 0 saturated carbocycles. The van der Waals surface area contributed by atoms with E-state index in [0.717, 1.165) is 0 Å². The van der Waals surface area contributed by atoms with E-state index in [-0.39, 0.29) is 41.0 Å². The van der Waals surface area contributed by atoms with Crippen LogP contribution in [0.4, 0.5) is 5.69 Å². The molecule has 2 N–H and O–H groups in total. The van der Waals surface area contributed by atoms with Crippen molar-refractivity contribution in [3.05, 3.63) is 28.2 Å². The second-order valence-electron chi connectivity index (χ2n) is 5.02. The van der Waals surface area contributed by atoms with Gasteiger partial charge in [-0.1, -0.05) is 15.9 Å². The van der Waals surface area contributed by atoms with Gasteiger partial charge >= 0.3 is 5.97 Å². The summed E-state index contributed by atoms with van der Waals surface area (Å²) in [4.78, 5) is 23.0. The lowest BCUT2D eigenvalue weighted by Crippen LogP contribution is -2.19. The van der Waals surface area contributed by atoms with Crippen LogP contribution >= 0.6 is 15.9 Å². The molecule has 2 rings (SSSR count). The van der Waals surface area contributed by atoms with Gasteiger partial charge in [0.25, 0.3) is 0 Å². The van der Waals surface area contributed by atoms with E-state index in [0.29, 0.717) is 10.9 Å². The summed E-state index contributed by atoms with van der Waals surface area (Å²) in [5.41, 5.74) is 0.188. The van der Waals surface area contributed by atoms with Gasteiger partial charge in [-0.2, -0.15) is 0 Å². The Morgan fingerprint density at radius 1 is 1.38 bits per heavy atom. The molecule has 1 aromatic carbocycles. The van der Waals surface area contributed by atoms with E-state index < -0.39 is 15.8 Å². The van der Waals surface area contributed by atoms with Gasteiger partial charge in [0.05, 0.1) is 22.8 Å². The van der Waals surface area contributed by atoms with Crippen LogP contribution in [0.25, 0.3) is 0 Å². The molecule has 0 spiro atoms. The van der Waals surface area contributed by atoms with Gasteiger partial charge in [-0.15, -0.1) is 0 Å². The predicted molar refractivity (Wildman–Crippen MR) is 81.1 cm³/mol. The van der Waals surface area contributed by atoms with Crippen molar-refractivity contribution in [3.63, 3.8) is 0 Å². The average Bonchev–Trinajstić information content (AvgIpc) is 2.67. The van der Waals surface area contributed by atoms with Crippen LogP contribution in [0.1, 0.15) is 23.2 Å². The fourth-order valence-electron chi connectivity index (χ4n) is 2.30. The maximum absolute atomic E-state index is 12.0. The van der Waals surface area contributed by atoms with Gasteiger partial charge in [-0.3, -0.25) is 4.79 Å². The molecule has 0 aromatic heterocycles. The zero-order valence-electron chi connectivity index (χ0n) is 11.0. The van der Waals surface area contributed by atoms with Crippen molar-refractivity contribution in [1.29, 1.82) is 0 Å². The highest BCUT2D eigenvalue weighted by atomic mass is 79.9. The lowest BCUT2D eigenvalue weighted by Gasteiger charge is -2.11. The van der Waals surface area contributed by atoms with E-state index in [2.05, 4.69) is 21.2 Å². The van der Waals surface area contributed by atoms with E-state index in [1.165, 1.54) is 12.1 Å². The van der Waals surface area contributed by atoms with Gasteiger partial charge in [0.2, 0.25) is 5.91 Å². The maximum Gasteiger partial charge on any atom is 0.337 e. The van der Waals surface area contributed by atoms with E-state index >= 15 is 0 Å². The quantitative estimate of drug-likeness (QED) is 0.836.